The first kappa shape index (κ1) is 20.7. The van der Waals surface area contributed by atoms with E-state index in [-0.39, 0.29) is 5.78 Å². The Kier molecular flexibility index (Phi) is 4.88. The number of carbonyl (C=O) groups excluding carboxylic acids is 1. The zero-order valence-corrected chi connectivity index (χ0v) is 18.6. The molecule has 1 fully saturated rings. The molecule has 3 aromatic carbocycles. The Morgan fingerprint density at radius 2 is 1.64 bits per heavy atom. The van der Waals surface area contributed by atoms with Crippen LogP contribution in [0, 0.1) is 41.9 Å². The van der Waals surface area contributed by atoms with Gasteiger partial charge in [-0.2, -0.15) is 10.5 Å². The van der Waals surface area contributed by atoms with Crippen molar-refractivity contribution in [3.63, 3.8) is 0 Å². The fourth-order valence-corrected chi connectivity index (χ4v) is 5.45. The molecule has 0 N–H and O–H groups in total. The first-order valence-corrected chi connectivity index (χ1v) is 11.1. The Bertz CT molecular complexity index is 1350. The zero-order chi connectivity index (χ0) is 23.2. The molecule has 5 rings (SSSR count). The van der Waals surface area contributed by atoms with Gasteiger partial charge in [-0.05, 0) is 36.6 Å². The topological polar surface area (TPSA) is 67.9 Å². The number of hydrogen-bond donors (Lipinski definition) is 0. The van der Waals surface area contributed by atoms with E-state index < -0.39 is 23.4 Å². The quantitative estimate of drug-likeness (QED) is 0.509. The zero-order valence-electron chi connectivity index (χ0n) is 18.6. The number of nitriles is 2. The molecule has 160 valence electrons. The van der Waals surface area contributed by atoms with Gasteiger partial charge in [0.1, 0.15) is 6.04 Å². The lowest BCUT2D eigenvalue weighted by molar-refractivity contribution is 0.0951. The summed E-state index contributed by atoms with van der Waals surface area (Å²) in [5.41, 5.74) is 3.91. The van der Waals surface area contributed by atoms with Crippen molar-refractivity contribution in [3.8, 4) is 12.1 Å². The molecular formula is C29H23N3O. The van der Waals surface area contributed by atoms with Crippen LogP contribution in [-0.4, -0.2) is 17.9 Å². The Labute approximate surface area is 194 Å². The lowest BCUT2D eigenvalue weighted by atomic mass is 9.68. The van der Waals surface area contributed by atoms with Crippen molar-refractivity contribution in [2.45, 2.75) is 31.8 Å². The van der Waals surface area contributed by atoms with Gasteiger partial charge in [0, 0.05) is 17.2 Å². The van der Waals surface area contributed by atoms with E-state index >= 15 is 0 Å². The van der Waals surface area contributed by atoms with Crippen molar-refractivity contribution in [1.82, 2.24) is 0 Å². The van der Waals surface area contributed by atoms with E-state index in [1.54, 1.807) is 0 Å². The van der Waals surface area contributed by atoms with Gasteiger partial charge >= 0.3 is 0 Å². The molecule has 1 saturated heterocycles. The van der Waals surface area contributed by atoms with Gasteiger partial charge in [0.15, 0.2) is 11.2 Å². The summed E-state index contributed by atoms with van der Waals surface area (Å²) in [5, 5.41) is 21.0. The summed E-state index contributed by atoms with van der Waals surface area (Å²) < 4.78 is 0. The predicted octanol–water partition coefficient (Wildman–Crippen LogP) is 5.59. The van der Waals surface area contributed by atoms with Crippen LogP contribution in [0.3, 0.4) is 0 Å². The van der Waals surface area contributed by atoms with Crippen LogP contribution in [0.25, 0.3) is 6.08 Å². The van der Waals surface area contributed by atoms with Crippen LogP contribution in [0.1, 0.15) is 38.5 Å². The number of nitrogens with zero attached hydrogens (tertiary/aromatic N) is 3. The van der Waals surface area contributed by atoms with Gasteiger partial charge in [-0.25, -0.2) is 0 Å². The number of benzene rings is 3. The molecule has 0 radical (unpaired) electrons. The third-order valence-electron chi connectivity index (χ3n) is 7.01. The summed E-state index contributed by atoms with van der Waals surface area (Å²) in [7, 11) is 0. The van der Waals surface area contributed by atoms with E-state index in [0.717, 1.165) is 27.9 Å². The number of hydrogen-bond acceptors (Lipinski definition) is 4. The summed E-state index contributed by atoms with van der Waals surface area (Å²) in [5.74, 6) is -0.690. The van der Waals surface area contributed by atoms with Gasteiger partial charge in [-0.3, -0.25) is 4.79 Å². The minimum atomic E-state index is -1.42. The molecule has 2 aliphatic heterocycles. The molecular weight excluding hydrogens is 406 g/mol. The van der Waals surface area contributed by atoms with Gasteiger partial charge in [0.2, 0.25) is 0 Å². The highest BCUT2D eigenvalue weighted by Gasteiger charge is 2.63. The molecule has 2 aliphatic rings. The number of Topliss-reactive ketones (excluding diaryl/α,β-unsaturated/α-hetero) is 1. The van der Waals surface area contributed by atoms with E-state index in [1.165, 1.54) is 0 Å². The molecule has 4 heteroatoms. The predicted molar refractivity (Wildman–Crippen MR) is 129 cm³/mol. The molecule has 0 aliphatic carbocycles. The summed E-state index contributed by atoms with van der Waals surface area (Å²) in [6.07, 6.45) is 3.89. The van der Waals surface area contributed by atoms with Crippen LogP contribution in [0.4, 0.5) is 5.69 Å². The van der Waals surface area contributed by atoms with Crippen molar-refractivity contribution >= 4 is 17.5 Å². The molecule has 33 heavy (non-hydrogen) atoms. The lowest BCUT2D eigenvalue weighted by Gasteiger charge is -2.35. The molecule has 4 nitrogen and oxygen atoms in total. The van der Waals surface area contributed by atoms with Crippen LogP contribution >= 0.6 is 0 Å². The smallest absolute Gasteiger partial charge is 0.185 e. The van der Waals surface area contributed by atoms with Crippen molar-refractivity contribution in [3.05, 3.63) is 107 Å². The molecule has 0 spiro atoms. The average Bonchev–Trinajstić information content (AvgIpc) is 3.16. The molecule has 0 aromatic heterocycles. The molecule has 3 atom stereocenters. The second-order valence-corrected chi connectivity index (χ2v) is 8.88. The number of ketones is 1. The highest BCUT2D eigenvalue weighted by Crippen LogP contribution is 2.56. The number of para-hydroxylation sites is 1. The molecule has 0 unspecified atom stereocenters. The van der Waals surface area contributed by atoms with E-state index in [9.17, 15) is 15.3 Å². The van der Waals surface area contributed by atoms with Gasteiger partial charge in [-0.15, -0.1) is 0 Å². The van der Waals surface area contributed by atoms with Crippen molar-refractivity contribution in [2.75, 3.05) is 4.90 Å². The maximum Gasteiger partial charge on any atom is 0.185 e. The fraction of sp³-hybridized carbons (Fsp3) is 0.207. The minimum Gasteiger partial charge on any atom is -0.351 e. The van der Waals surface area contributed by atoms with Gasteiger partial charge in [0.05, 0.1) is 18.2 Å². The average molecular weight is 430 g/mol. The number of rotatable bonds is 3. The van der Waals surface area contributed by atoms with E-state index in [1.807, 2.05) is 104 Å². The first-order chi connectivity index (χ1) is 16.0. The highest BCUT2D eigenvalue weighted by atomic mass is 16.1. The molecule has 3 aromatic rings. The van der Waals surface area contributed by atoms with Crippen LogP contribution in [-0.2, 0) is 0 Å². The van der Waals surface area contributed by atoms with Crippen LogP contribution < -0.4 is 4.90 Å². The standard InChI is InChI=1S/C29H23N3O/c1-19-12-13-20(2)23(16-19)26-27(28(33)22-9-4-3-5-10-22)32-24-11-7-6-8-21(24)14-15-25(32)29(26,17-30)18-31/h3-16,25-27H,1-2H3/t25-,26+,27+/m1/s1. The Morgan fingerprint density at radius 1 is 0.939 bits per heavy atom. The molecule has 2 heterocycles. The van der Waals surface area contributed by atoms with Crippen LogP contribution in [0.5, 0.6) is 0 Å². The minimum absolute atomic E-state index is 0.0796. The first-order valence-electron chi connectivity index (χ1n) is 11.1. The Morgan fingerprint density at radius 3 is 2.36 bits per heavy atom. The highest BCUT2D eigenvalue weighted by molar-refractivity contribution is 6.04. The van der Waals surface area contributed by atoms with Gasteiger partial charge in [-0.1, -0.05) is 84.4 Å². The summed E-state index contributed by atoms with van der Waals surface area (Å²) in [4.78, 5) is 16.1. The molecule has 0 bridgehead atoms. The molecule has 0 amide bonds. The van der Waals surface area contributed by atoms with Gasteiger partial charge in [0.25, 0.3) is 0 Å². The van der Waals surface area contributed by atoms with E-state index in [2.05, 4.69) is 12.1 Å². The fourth-order valence-electron chi connectivity index (χ4n) is 5.45. The van der Waals surface area contributed by atoms with Crippen LogP contribution in [0.15, 0.2) is 78.9 Å². The SMILES string of the molecule is Cc1ccc(C)c([C@H]2[C@@H](C(=O)c3ccccc3)N3c4ccccc4C=C[C@@H]3C2(C#N)C#N)c1. The van der Waals surface area contributed by atoms with Crippen molar-refractivity contribution in [1.29, 1.82) is 10.5 Å². The normalized spacial score (nSPS) is 22.1. The summed E-state index contributed by atoms with van der Waals surface area (Å²) in [6.45, 7) is 3.98. The number of fused-ring (bicyclic) bond motifs is 3. The van der Waals surface area contributed by atoms with Crippen molar-refractivity contribution < 1.29 is 4.79 Å². The summed E-state index contributed by atoms with van der Waals surface area (Å²) >= 11 is 0. The lowest BCUT2D eigenvalue weighted by Crippen LogP contribution is -2.44. The number of aryl methyl sites for hydroxylation is 2. The Balaban J connectivity index is 1.83. The molecule has 0 saturated carbocycles. The number of carbonyl (C=O) groups is 1. The van der Waals surface area contributed by atoms with Crippen molar-refractivity contribution in [2.24, 2.45) is 5.41 Å². The monoisotopic (exact) mass is 429 g/mol. The number of anilines is 1. The maximum absolute atomic E-state index is 14.1. The third-order valence-corrected chi connectivity index (χ3v) is 7.01. The largest absolute Gasteiger partial charge is 0.351 e. The van der Waals surface area contributed by atoms with E-state index in [0.29, 0.717) is 5.56 Å². The van der Waals surface area contributed by atoms with Crippen LogP contribution in [0.2, 0.25) is 0 Å². The maximum atomic E-state index is 14.1. The third kappa shape index (κ3) is 2.99. The van der Waals surface area contributed by atoms with E-state index in [4.69, 9.17) is 0 Å². The van der Waals surface area contributed by atoms with Gasteiger partial charge < -0.3 is 4.90 Å². The summed E-state index contributed by atoms with van der Waals surface area (Å²) in [6, 6.07) is 26.6. The Hall–Kier alpha value is -4.15. The second kappa shape index (κ2) is 7.76. The second-order valence-electron chi connectivity index (χ2n) is 8.88.